The molecule has 1 aliphatic rings. The molecular weight excluding hydrogens is 302 g/mol. The van der Waals surface area contributed by atoms with E-state index in [1.54, 1.807) is 0 Å². The van der Waals surface area contributed by atoms with E-state index >= 15 is 0 Å². The lowest BCUT2D eigenvalue weighted by molar-refractivity contribution is -0.136. The minimum atomic E-state index is 0.0138. The first-order valence-electron chi connectivity index (χ1n) is 8.76. The molecule has 128 valence electrons. The van der Waals surface area contributed by atoms with Gasteiger partial charge in [-0.15, -0.1) is 0 Å². The summed E-state index contributed by atoms with van der Waals surface area (Å²) in [6.07, 6.45) is 1.94. The predicted molar refractivity (Wildman–Crippen MR) is 94.9 cm³/mol. The molecule has 2 aromatic rings. The van der Waals surface area contributed by atoms with Gasteiger partial charge in [0.25, 0.3) is 5.91 Å². The molecule has 1 N–H and O–H groups in total. The van der Waals surface area contributed by atoms with E-state index in [9.17, 15) is 9.59 Å². The van der Waals surface area contributed by atoms with E-state index in [1.807, 2.05) is 47.1 Å². The van der Waals surface area contributed by atoms with E-state index in [4.69, 9.17) is 0 Å². The van der Waals surface area contributed by atoms with Crippen molar-refractivity contribution in [2.24, 2.45) is 5.92 Å². The van der Waals surface area contributed by atoms with Crippen LogP contribution < -0.4 is 0 Å². The number of nitrogens with one attached hydrogen (secondary N) is 1. The Kier molecular flexibility index (Phi) is 4.88. The van der Waals surface area contributed by atoms with Gasteiger partial charge in [-0.05, 0) is 18.6 Å². The van der Waals surface area contributed by atoms with Crippen molar-refractivity contribution in [3.05, 3.63) is 36.0 Å². The number of piperazine rings is 1. The molecule has 1 fully saturated rings. The van der Waals surface area contributed by atoms with Crippen LogP contribution in [0.4, 0.5) is 0 Å². The molecule has 3 rings (SSSR count). The van der Waals surface area contributed by atoms with Gasteiger partial charge in [0.15, 0.2) is 0 Å². The second kappa shape index (κ2) is 7.07. The van der Waals surface area contributed by atoms with Crippen molar-refractivity contribution in [2.75, 3.05) is 26.2 Å². The number of aromatic amines is 1. The van der Waals surface area contributed by atoms with E-state index in [2.05, 4.69) is 11.9 Å². The highest BCUT2D eigenvalue weighted by atomic mass is 16.2. The van der Waals surface area contributed by atoms with Gasteiger partial charge in [0, 0.05) is 43.0 Å². The summed E-state index contributed by atoms with van der Waals surface area (Å²) in [5.41, 5.74) is 1.60. The van der Waals surface area contributed by atoms with Crippen molar-refractivity contribution >= 4 is 22.7 Å². The lowest BCUT2D eigenvalue weighted by atomic mass is 10.0. The molecule has 0 saturated carbocycles. The number of aromatic nitrogens is 1. The number of nitrogens with zero attached hydrogens (tertiary/aromatic N) is 2. The normalized spacial score (nSPS) is 16.4. The molecule has 0 aliphatic carbocycles. The number of para-hydroxylation sites is 1. The summed E-state index contributed by atoms with van der Waals surface area (Å²) in [5.74, 6) is 0.306. The number of H-pyrrole nitrogens is 1. The maximum atomic E-state index is 12.7. The van der Waals surface area contributed by atoms with Gasteiger partial charge >= 0.3 is 0 Å². The molecule has 2 heterocycles. The molecule has 5 heteroatoms. The predicted octanol–water partition coefficient (Wildman–Crippen LogP) is 2.89. The second-order valence-electron chi connectivity index (χ2n) is 6.58. The average Bonchev–Trinajstić information content (AvgIpc) is 3.05. The van der Waals surface area contributed by atoms with Crippen LogP contribution in [-0.2, 0) is 4.79 Å². The van der Waals surface area contributed by atoms with Gasteiger partial charge in [-0.2, -0.15) is 0 Å². The number of benzene rings is 1. The Bertz CT molecular complexity index is 696. The van der Waals surface area contributed by atoms with Crippen LogP contribution in [0.25, 0.3) is 10.9 Å². The smallest absolute Gasteiger partial charge is 0.270 e. The van der Waals surface area contributed by atoms with Gasteiger partial charge < -0.3 is 14.8 Å². The Morgan fingerprint density at radius 2 is 1.79 bits per heavy atom. The molecule has 1 saturated heterocycles. The van der Waals surface area contributed by atoms with E-state index in [1.165, 1.54) is 0 Å². The fourth-order valence-electron chi connectivity index (χ4n) is 3.36. The number of carbonyl (C=O) groups is 2. The minimum absolute atomic E-state index is 0.0138. The number of rotatable bonds is 4. The van der Waals surface area contributed by atoms with Crippen molar-refractivity contribution in [3.63, 3.8) is 0 Å². The quantitative estimate of drug-likeness (QED) is 0.939. The van der Waals surface area contributed by atoms with Crippen LogP contribution in [0.5, 0.6) is 0 Å². The van der Waals surface area contributed by atoms with Gasteiger partial charge in [-0.1, -0.05) is 38.5 Å². The zero-order valence-corrected chi connectivity index (χ0v) is 14.4. The van der Waals surface area contributed by atoms with E-state index in [0.29, 0.717) is 31.9 Å². The first-order chi connectivity index (χ1) is 11.6. The third-order valence-corrected chi connectivity index (χ3v) is 4.78. The Morgan fingerprint density at radius 3 is 2.46 bits per heavy atom. The van der Waals surface area contributed by atoms with Gasteiger partial charge in [-0.25, -0.2) is 0 Å². The number of hydrogen-bond acceptors (Lipinski definition) is 2. The summed E-state index contributed by atoms with van der Waals surface area (Å²) in [7, 11) is 0. The number of amides is 2. The Hall–Kier alpha value is -2.30. The van der Waals surface area contributed by atoms with Crippen LogP contribution in [0.1, 0.15) is 37.2 Å². The molecule has 1 aliphatic heterocycles. The van der Waals surface area contributed by atoms with Crippen LogP contribution >= 0.6 is 0 Å². The summed E-state index contributed by atoms with van der Waals surface area (Å²) >= 11 is 0. The molecular formula is C19H25N3O2. The molecule has 1 atom stereocenters. The van der Waals surface area contributed by atoms with Crippen LogP contribution in [0.2, 0.25) is 0 Å². The van der Waals surface area contributed by atoms with E-state index in [0.717, 1.165) is 23.7 Å². The molecule has 1 aromatic carbocycles. The summed E-state index contributed by atoms with van der Waals surface area (Å²) in [6.45, 7) is 6.53. The van der Waals surface area contributed by atoms with Gasteiger partial charge in [0.05, 0.1) is 0 Å². The maximum absolute atomic E-state index is 12.7. The monoisotopic (exact) mass is 327 g/mol. The van der Waals surface area contributed by atoms with Crippen molar-refractivity contribution in [3.8, 4) is 0 Å². The average molecular weight is 327 g/mol. The van der Waals surface area contributed by atoms with Crippen molar-refractivity contribution in [1.29, 1.82) is 0 Å². The molecule has 0 radical (unpaired) electrons. The fourth-order valence-corrected chi connectivity index (χ4v) is 3.36. The first kappa shape index (κ1) is 16.6. The lowest BCUT2D eigenvalue weighted by Crippen LogP contribution is -2.51. The molecule has 2 amide bonds. The topological polar surface area (TPSA) is 56.4 Å². The molecule has 5 nitrogen and oxygen atoms in total. The largest absolute Gasteiger partial charge is 0.351 e. The highest BCUT2D eigenvalue weighted by molar-refractivity contribution is 5.98. The summed E-state index contributed by atoms with van der Waals surface area (Å²) < 4.78 is 0. The van der Waals surface area contributed by atoms with Crippen LogP contribution in [-0.4, -0.2) is 52.8 Å². The van der Waals surface area contributed by atoms with Gasteiger partial charge in [0.1, 0.15) is 5.69 Å². The minimum Gasteiger partial charge on any atom is -0.351 e. The van der Waals surface area contributed by atoms with Crippen LogP contribution in [0.15, 0.2) is 30.3 Å². The Labute approximate surface area is 142 Å². The standard InChI is InChI=1S/C19H25N3O2/c1-3-6-14(2)18(23)21-9-11-22(12-10-21)19(24)17-13-15-7-4-5-8-16(15)20-17/h4-5,7-8,13-14,20H,3,6,9-12H2,1-2H3/t14-/m0/s1. The van der Waals surface area contributed by atoms with Crippen molar-refractivity contribution in [2.45, 2.75) is 26.7 Å². The Morgan fingerprint density at radius 1 is 1.12 bits per heavy atom. The molecule has 24 heavy (non-hydrogen) atoms. The Balaban J connectivity index is 1.62. The second-order valence-corrected chi connectivity index (χ2v) is 6.58. The summed E-state index contributed by atoms with van der Waals surface area (Å²) in [4.78, 5) is 32.0. The number of carbonyl (C=O) groups excluding carboxylic acids is 2. The first-order valence-corrected chi connectivity index (χ1v) is 8.76. The summed E-state index contributed by atoms with van der Waals surface area (Å²) in [6, 6.07) is 9.78. The highest BCUT2D eigenvalue weighted by Crippen LogP contribution is 2.18. The number of fused-ring (bicyclic) bond motifs is 1. The zero-order chi connectivity index (χ0) is 17.1. The third kappa shape index (κ3) is 3.30. The highest BCUT2D eigenvalue weighted by Gasteiger charge is 2.27. The third-order valence-electron chi connectivity index (χ3n) is 4.78. The van der Waals surface area contributed by atoms with Crippen LogP contribution in [0, 0.1) is 5.92 Å². The van der Waals surface area contributed by atoms with E-state index in [-0.39, 0.29) is 17.7 Å². The SMILES string of the molecule is CCC[C@H](C)C(=O)N1CCN(C(=O)c2cc3ccccc3[nH]2)CC1. The molecule has 0 spiro atoms. The van der Waals surface area contributed by atoms with E-state index < -0.39 is 0 Å². The van der Waals surface area contributed by atoms with Crippen molar-refractivity contribution in [1.82, 2.24) is 14.8 Å². The zero-order valence-electron chi connectivity index (χ0n) is 14.4. The van der Waals surface area contributed by atoms with Gasteiger partial charge in [-0.3, -0.25) is 9.59 Å². The molecule has 1 aromatic heterocycles. The number of hydrogen-bond donors (Lipinski definition) is 1. The fraction of sp³-hybridized carbons (Fsp3) is 0.474. The van der Waals surface area contributed by atoms with Crippen molar-refractivity contribution < 1.29 is 9.59 Å². The maximum Gasteiger partial charge on any atom is 0.270 e. The molecule has 0 bridgehead atoms. The summed E-state index contributed by atoms with van der Waals surface area (Å²) in [5, 5.41) is 1.04. The van der Waals surface area contributed by atoms with Gasteiger partial charge in [0.2, 0.25) is 5.91 Å². The lowest BCUT2D eigenvalue weighted by Gasteiger charge is -2.35. The van der Waals surface area contributed by atoms with Crippen LogP contribution in [0.3, 0.4) is 0 Å². The molecule has 0 unspecified atom stereocenters.